The van der Waals surface area contributed by atoms with Crippen molar-refractivity contribution in [3.05, 3.63) is 0 Å². The lowest BCUT2D eigenvalue weighted by atomic mass is 10.3. The summed E-state index contributed by atoms with van der Waals surface area (Å²) in [6.45, 7) is 5.58. The summed E-state index contributed by atoms with van der Waals surface area (Å²) < 4.78 is 9.97. The molecular weight excluding hydrogens is 140 g/mol. The van der Waals surface area contributed by atoms with Gasteiger partial charge in [-0.3, -0.25) is 0 Å². The van der Waals surface area contributed by atoms with Crippen LogP contribution in [0.25, 0.3) is 0 Å². The average Bonchev–Trinajstić information content (AvgIpc) is 2.03. The average molecular weight is 156 g/mol. The normalized spacial score (nSPS) is 8.91. The van der Waals surface area contributed by atoms with E-state index >= 15 is 0 Å². The fraction of sp³-hybridized carbons (Fsp3) is 0.778. The van der Waals surface area contributed by atoms with Gasteiger partial charge in [0.05, 0.1) is 0 Å². The molecule has 0 N–H and O–H groups in total. The third-order valence-electron chi connectivity index (χ3n) is 1.05. The molecule has 0 saturated carbocycles. The van der Waals surface area contributed by atoms with E-state index in [1.54, 1.807) is 0 Å². The topological polar surface area (TPSA) is 18.5 Å². The summed E-state index contributed by atoms with van der Waals surface area (Å²) in [4.78, 5) is 0. The quantitative estimate of drug-likeness (QED) is 0.343. The summed E-state index contributed by atoms with van der Waals surface area (Å²) in [5, 5.41) is 0. The van der Waals surface area contributed by atoms with Gasteiger partial charge in [-0.2, -0.15) is 0 Å². The van der Waals surface area contributed by atoms with Crippen molar-refractivity contribution in [3.63, 3.8) is 0 Å². The minimum Gasteiger partial charge on any atom is -0.356 e. The van der Waals surface area contributed by atoms with Crippen molar-refractivity contribution in [2.45, 2.75) is 26.7 Å². The van der Waals surface area contributed by atoms with Crippen molar-refractivity contribution in [1.82, 2.24) is 0 Å². The lowest BCUT2D eigenvalue weighted by molar-refractivity contribution is -0.0371. The number of unbranched alkanes of at least 4 members (excludes halogenated alkanes) is 1. The number of hydrogen-bond acceptors (Lipinski definition) is 2. The molecule has 0 atom stereocenters. The van der Waals surface area contributed by atoms with E-state index in [-0.39, 0.29) is 0 Å². The van der Waals surface area contributed by atoms with Gasteiger partial charge in [0, 0.05) is 13.0 Å². The number of hydrogen-bond donors (Lipinski definition) is 0. The summed E-state index contributed by atoms with van der Waals surface area (Å²) in [6.07, 6.45) is 2.07. The summed E-state index contributed by atoms with van der Waals surface area (Å²) in [5.41, 5.74) is 0. The first-order valence-electron chi connectivity index (χ1n) is 4.03. The molecule has 11 heavy (non-hydrogen) atoms. The maximum Gasteiger partial charge on any atom is 0.148 e. The lowest BCUT2D eigenvalue weighted by Crippen LogP contribution is -1.99. The summed E-state index contributed by atoms with van der Waals surface area (Å²) >= 11 is 0. The van der Waals surface area contributed by atoms with E-state index in [0.717, 1.165) is 12.8 Å². The second-order valence-corrected chi connectivity index (χ2v) is 2.06. The Balaban J connectivity index is 2.96. The maximum absolute atomic E-state index is 5.02. The van der Waals surface area contributed by atoms with E-state index < -0.39 is 0 Å². The van der Waals surface area contributed by atoms with Crippen LogP contribution in [0.15, 0.2) is 0 Å². The second-order valence-electron chi connectivity index (χ2n) is 2.06. The Hall–Kier alpha value is -0.520. The molecule has 0 aromatic heterocycles. The molecule has 0 bridgehead atoms. The first-order chi connectivity index (χ1) is 5.41. The molecule has 0 spiro atoms. The molecule has 0 aliphatic heterocycles. The molecule has 2 nitrogen and oxygen atoms in total. The van der Waals surface area contributed by atoms with Gasteiger partial charge in [0.25, 0.3) is 0 Å². The monoisotopic (exact) mass is 156 g/mol. The highest BCUT2D eigenvalue weighted by molar-refractivity contribution is 4.98. The van der Waals surface area contributed by atoms with Crippen LogP contribution in [-0.4, -0.2) is 20.0 Å². The van der Waals surface area contributed by atoms with Crippen LogP contribution in [0.5, 0.6) is 0 Å². The predicted octanol–water partition coefficient (Wildman–Crippen LogP) is 1.80. The van der Waals surface area contributed by atoms with E-state index in [9.17, 15) is 0 Å². The van der Waals surface area contributed by atoms with Gasteiger partial charge in [-0.25, -0.2) is 0 Å². The Labute approximate surface area is 68.9 Å². The molecule has 0 heterocycles. The van der Waals surface area contributed by atoms with Crippen LogP contribution >= 0.6 is 0 Å². The first-order valence-corrected chi connectivity index (χ1v) is 4.03. The number of ether oxygens (including phenoxy) is 2. The van der Waals surface area contributed by atoms with E-state index in [4.69, 9.17) is 9.47 Å². The SMILES string of the molecule is CCCC#CCOCOCC. The molecule has 0 fully saturated rings. The van der Waals surface area contributed by atoms with Crippen LogP contribution in [0.1, 0.15) is 26.7 Å². The molecule has 0 aromatic carbocycles. The summed E-state index contributed by atoms with van der Waals surface area (Å²) in [5.74, 6) is 5.87. The van der Waals surface area contributed by atoms with Gasteiger partial charge < -0.3 is 9.47 Å². The summed E-state index contributed by atoms with van der Waals surface area (Å²) in [7, 11) is 0. The molecule has 0 radical (unpaired) electrons. The Morgan fingerprint density at radius 2 is 1.91 bits per heavy atom. The van der Waals surface area contributed by atoms with Gasteiger partial charge in [0.15, 0.2) is 0 Å². The first kappa shape index (κ1) is 10.5. The van der Waals surface area contributed by atoms with Crippen LogP contribution in [0.3, 0.4) is 0 Å². The minimum absolute atomic E-state index is 0.358. The largest absolute Gasteiger partial charge is 0.356 e. The molecule has 0 aliphatic carbocycles. The van der Waals surface area contributed by atoms with Gasteiger partial charge in [0.2, 0.25) is 0 Å². The molecule has 0 saturated heterocycles. The molecule has 0 rings (SSSR count). The Bertz CT molecular complexity index is 121. The predicted molar refractivity (Wildman–Crippen MR) is 45.1 cm³/mol. The zero-order valence-corrected chi connectivity index (χ0v) is 7.35. The maximum atomic E-state index is 5.02. The van der Waals surface area contributed by atoms with Crippen molar-refractivity contribution in [3.8, 4) is 11.8 Å². The van der Waals surface area contributed by atoms with Crippen LogP contribution < -0.4 is 0 Å². The van der Waals surface area contributed by atoms with Crippen LogP contribution in [0.4, 0.5) is 0 Å². The summed E-state index contributed by atoms with van der Waals surface area (Å²) in [6, 6.07) is 0. The molecule has 2 heteroatoms. The van der Waals surface area contributed by atoms with Crippen LogP contribution in [0, 0.1) is 11.8 Å². The van der Waals surface area contributed by atoms with E-state index in [0.29, 0.717) is 20.0 Å². The van der Waals surface area contributed by atoms with Crippen molar-refractivity contribution in [2.75, 3.05) is 20.0 Å². The smallest absolute Gasteiger partial charge is 0.148 e. The fourth-order valence-corrected chi connectivity index (χ4v) is 0.499. The van der Waals surface area contributed by atoms with Gasteiger partial charge in [-0.15, -0.1) is 5.92 Å². The van der Waals surface area contributed by atoms with E-state index in [2.05, 4.69) is 18.8 Å². The van der Waals surface area contributed by atoms with Crippen molar-refractivity contribution in [1.29, 1.82) is 0 Å². The molecule has 0 unspecified atom stereocenters. The van der Waals surface area contributed by atoms with Gasteiger partial charge in [-0.1, -0.05) is 12.8 Å². The van der Waals surface area contributed by atoms with Gasteiger partial charge >= 0.3 is 0 Å². The van der Waals surface area contributed by atoms with Gasteiger partial charge in [-0.05, 0) is 13.3 Å². The second kappa shape index (κ2) is 9.48. The molecule has 64 valence electrons. The zero-order valence-electron chi connectivity index (χ0n) is 7.35. The molecule has 0 aromatic rings. The lowest BCUT2D eigenvalue weighted by Gasteiger charge is -1.97. The van der Waals surface area contributed by atoms with Crippen molar-refractivity contribution >= 4 is 0 Å². The molecule has 0 amide bonds. The highest BCUT2D eigenvalue weighted by atomic mass is 16.7. The van der Waals surface area contributed by atoms with Crippen LogP contribution in [0.2, 0.25) is 0 Å². The fourth-order valence-electron chi connectivity index (χ4n) is 0.499. The highest BCUT2D eigenvalue weighted by Gasteiger charge is 1.80. The van der Waals surface area contributed by atoms with Crippen molar-refractivity contribution in [2.24, 2.45) is 0 Å². The molecular formula is C9H16O2. The third kappa shape index (κ3) is 9.48. The standard InChI is InChI=1S/C9H16O2/c1-3-5-6-7-8-11-9-10-4-2/h3-5,8-9H2,1-2H3. The Morgan fingerprint density at radius 1 is 1.09 bits per heavy atom. The zero-order chi connectivity index (χ0) is 8.36. The Morgan fingerprint density at radius 3 is 2.55 bits per heavy atom. The van der Waals surface area contributed by atoms with Crippen molar-refractivity contribution < 1.29 is 9.47 Å². The number of rotatable bonds is 5. The van der Waals surface area contributed by atoms with Gasteiger partial charge in [0.1, 0.15) is 13.4 Å². The minimum atomic E-state index is 0.358. The third-order valence-corrected chi connectivity index (χ3v) is 1.05. The molecule has 0 aliphatic rings. The van der Waals surface area contributed by atoms with Crippen LogP contribution in [-0.2, 0) is 9.47 Å². The van der Waals surface area contributed by atoms with E-state index in [1.807, 2.05) is 6.92 Å². The Kier molecular flexibility index (Phi) is 9.03. The van der Waals surface area contributed by atoms with E-state index in [1.165, 1.54) is 0 Å². The highest BCUT2D eigenvalue weighted by Crippen LogP contribution is 1.81.